The fraction of sp³-hybridized carbons (Fsp3) is 0.138. The zero-order valence-corrected chi connectivity index (χ0v) is 18.3. The first-order valence-electron chi connectivity index (χ1n) is 11.3. The highest BCUT2D eigenvalue weighted by atomic mass is 16.5. The maximum Gasteiger partial charge on any atom is 0.155 e. The number of fused-ring (bicyclic) bond motifs is 3. The van der Waals surface area contributed by atoms with E-state index in [1.165, 1.54) is 5.57 Å². The Kier molecular flexibility index (Phi) is 5.13. The number of ether oxygens (including phenoxy) is 2. The molecule has 0 fully saturated rings. The smallest absolute Gasteiger partial charge is 0.155 e. The molecule has 0 saturated heterocycles. The molecule has 4 heteroatoms. The van der Waals surface area contributed by atoms with Crippen molar-refractivity contribution in [3.8, 4) is 5.75 Å². The maximum absolute atomic E-state index is 6.44. The summed E-state index contributed by atoms with van der Waals surface area (Å²) in [6.45, 7) is 1.17. The molecule has 0 radical (unpaired) electrons. The van der Waals surface area contributed by atoms with Crippen LogP contribution in [0.15, 0.2) is 119 Å². The summed E-state index contributed by atoms with van der Waals surface area (Å²) in [6.07, 6.45) is 8.41. The van der Waals surface area contributed by atoms with Gasteiger partial charge in [-0.25, -0.2) is 4.99 Å². The van der Waals surface area contributed by atoms with Crippen LogP contribution in [0, 0.1) is 0 Å². The summed E-state index contributed by atoms with van der Waals surface area (Å²) >= 11 is 0. The summed E-state index contributed by atoms with van der Waals surface area (Å²) in [5, 5.41) is 0. The molecule has 2 heterocycles. The Morgan fingerprint density at radius 3 is 2.33 bits per heavy atom. The van der Waals surface area contributed by atoms with Crippen molar-refractivity contribution >= 4 is 28.5 Å². The Bertz CT molecular complexity index is 1260. The standard InChI is InChI=1S/C29H24N2O2/c1-3-10-22(11-4-1)31(23-12-5-2-6-13-23)24-15-16-26-28(19-24)33-27-17-18-32-20-21-9-7-8-14-25(21)29(27)30-26/h1-6,8,10-17,19H,7,9,18,20H2/b27-17+. The van der Waals surface area contributed by atoms with Gasteiger partial charge in [0.1, 0.15) is 11.4 Å². The maximum atomic E-state index is 6.44. The lowest BCUT2D eigenvalue weighted by Crippen LogP contribution is -2.21. The Morgan fingerprint density at radius 1 is 0.818 bits per heavy atom. The molecule has 2 aliphatic heterocycles. The Hall–Kier alpha value is -3.89. The summed E-state index contributed by atoms with van der Waals surface area (Å²) in [6, 6.07) is 27.0. The minimum Gasteiger partial charge on any atom is -0.453 e. The van der Waals surface area contributed by atoms with Crippen LogP contribution < -0.4 is 9.64 Å². The second kappa shape index (κ2) is 8.57. The molecule has 0 saturated carbocycles. The van der Waals surface area contributed by atoms with Gasteiger partial charge in [-0.1, -0.05) is 48.6 Å². The number of hydrogen-bond donors (Lipinski definition) is 0. The van der Waals surface area contributed by atoms with Gasteiger partial charge in [0.2, 0.25) is 0 Å². The van der Waals surface area contributed by atoms with Gasteiger partial charge in [0.25, 0.3) is 0 Å². The summed E-state index contributed by atoms with van der Waals surface area (Å²) in [4.78, 5) is 7.26. The topological polar surface area (TPSA) is 34.1 Å². The monoisotopic (exact) mass is 432 g/mol. The average Bonchev–Trinajstić information content (AvgIpc) is 2.87. The largest absolute Gasteiger partial charge is 0.453 e. The van der Waals surface area contributed by atoms with Crippen molar-refractivity contribution in [2.24, 2.45) is 4.99 Å². The van der Waals surface area contributed by atoms with E-state index in [0.717, 1.165) is 58.4 Å². The van der Waals surface area contributed by atoms with Gasteiger partial charge in [0, 0.05) is 28.7 Å². The van der Waals surface area contributed by atoms with E-state index in [4.69, 9.17) is 14.5 Å². The third-order valence-electron chi connectivity index (χ3n) is 6.11. The fourth-order valence-electron chi connectivity index (χ4n) is 4.52. The predicted octanol–water partition coefficient (Wildman–Crippen LogP) is 7.18. The molecular weight excluding hydrogens is 408 g/mol. The van der Waals surface area contributed by atoms with E-state index in [-0.39, 0.29) is 0 Å². The number of aliphatic imine (C=N–C) groups is 1. The minimum atomic E-state index is 0.518. The van der Waals surface area contributed by atoms with E-state index >= 15 is 0 Å². The highest BCUT2D eigenvalue weighted by Crippen LogP contribution is 2.43. The van der Waals surface area contributed by atoms with Crippen LogP contribution in [-0.4, -0.2) is 18.9 Å². The lowest BCUT2D eigenvalue weighted by Gasteiger charge is -2.28. The second-order valence-electron chi connectivity index (χ2n) is 8.26. The van der Waals surface area contributed by atoms with Gasteiger partial charge < -0.3 is 14.4 Å². The van der Waals surface area contributed by atoms with E-state index in [0.29, 0.717) is 13.2 Å². The zero-order chi connectivity index (χ0) is 22.0. The molecule has 0 N–H and O–H groups in total. The van der Waals surface area contributed by atoms with Gasteiger partial charge in [-0.3, -0.25) is 0 Å². The van der Waals surface area contributed by atoms with Crippen molar-refractivity contribution in [2.45, 2.75) is 12.8 Å². The molecule has 0 amide bonds. The first-order chi connectivity index (χ1) is 16.4. The SMILES string of the molecule is C1=CC2=C(CC1)COC/C=C1/Oc3cc(N(c4ccccc4)c4ccccc4)ccc3N=C21. The summed E-state index contributed by atoms with van der Waals surface area (Å²) in [5.74, 6) is 1.52. The molecule has 0 spiro atoms. The molecule has 0 bridgehead atoms. The summed E-state index contributed by atoms with van der Waals surface area (Å²) < 4.78 is 12.3. The van der Waals surface area contributed by atoms with E-state index in [1.54, 1.807) is 0 Å². The zero-order valence-electron chi connectivity index (χ0n) is 18.3. The van der Waals surface area contributed by atoms with Crippen LogP contribution in [0.2, 0.25) is 0 Å². The van der Waals surface area contributed by atoms with Crippen LogP contribution in [0.25, 0.3) is 0 Å². The first-order valence-corrected chi connectivity index (χ1v) is 11.3. The van der Waals surface area contributed by atoms with Crippen LogP contribution in [-0.2, 0) is 4.74 Å². The van der Waals surface area contributed by atoms with Crippen molar-refractivity contribution < 1.29 is 9.47 Å². The van der Waals surface area contributed by atoms with Gasteiger partial charge in [-0.05, 0) is 60.9 Å². The predicted molar refractivity (Wildman–Crippen MR) is 133 cm³/mol. The summed E-state index contributed by atoms with van der Waals surface area (Å²) in [7, 11) is 0. The van der Waals surface area contributed by atoms with E-state index in [2.05, 4.69) is 83.8 Å². The number of hydrogen-bond acceptors (Lipinski definition) is 4. The van der Waals surface area contributed by atoms with Crippen LogP contribution >= 0.6 is 0 Å². The van der Waals surface area contributed by atoms with Crippen molar-refractivity contribution in [2.75, 3.05) is 18.1 Å². The molecule has 3 aliphatic rings. The third kappa shape index (κ3) is 3.79. The van der Waals surface area contributed by atoms with Crippen molar-refractivity contribution in [3.63, 3.8) is 0 Å². The number of anilines is 3. The van der Waals surface area contributed by atoms with Crippen LogP contribution in [0.4, 0.5) is 22.7 Å². The Morgan fingerprint density at radius 2 is 1.58 bits per heavy atom. The second-order valence-corrected chi connectivity index (χ2v) is 8.26. The molecule has 0 atom stereocenters. The highest BCUT2D eigenvalue weighted by Gasteiger charge is 2.26. The third-order valence-corrected chi connectivity index (χ3v) is 6.11. The molecule has 162 valence electrons. The number of rotatable bonds is 3. The fourth-order valence-corrected chi connectivity index (χ4v) is 4.52. The molecule has 1 aliphatic carbocycles. The number of allylic oxidation sites excluding steroid dienone is 3. The first kappa shape index (κ1) is 19.8. The van der Waals surface area contributed by atoms with Crippen molar-refractivity contribution in [3.05, 3.63) is 114 Å². The van der Waals surface area contributed by atoms with E-state index < -0.39 is 0 Å². The van der Waals surface area contributed by atoms with Crippen molar-refractivity contribution in [1.82, 2.24) is 0 Å². The molecule has 0 aromatic heterocycles. The van der Waals surface area contributed by atoms with Gasteiger partial charge in [0.15, 0.2) is 11.5 Å². The van der Waals surface area contributed by atoms with E-state index in [9.17, 15) is 0 Å². The van der Waals surface area contributed by atoms with Crippen molar-refractivity contribution in [1.29, 1.82) is 0 Å². The van der Waals surface area contributed by atoms with Gasteiger partial charge in [-0.2, -0.15) is 0 Å². The van der Waals surface area contributed by atoms with Gasteiger partial charge >= 0.3 is 0 Å². The lowest BCUT2D eigenvalue weighted by atomic mass is 9.92. The lowest BCUT2D eigenvalue weighted by molar-refractivity contribution is 0.181. The van der Waals surface area contributed by atoms with E-state index in [1.807, 2.05) is 18.2 Å². The molecule has 33 heavy (non-hydrogen) atoms. The average molecular weight is 433 g/mol. The van der Waals surface area contributed by atoms with Crippen LogP contribution in [0.1, 0.15) is 12.8 Å². The minimum absolute atomic E-state index is 0.518. The summed E-state index contributed by atoms with van der Waals surface area (Å²) in [5.41, 5.74) is 7.38. The number of para-hydroxylation sites is 2. The molecule has 6 rings (SSSR count). The van der Waals surface area contributed by atoms with Gasteiger partial charge in [-0.15, -0.1) is 0 Å². The normalized spacial score (nSPS) is 18.4. The van der Waals surface area contributed by atoms with Crippen LogP contribution in [0.5, 0.6) is 5.75 Å². The van der Waals surface area contributed by atoms with Gasteiger partial charge in [0.05, 0.1) is 13.2 Å². The Labute approximate surface area is 193 Å². The quantitative estimate of drug-likeness (QED) is 0.439. The Balaban J connectivity index is 1.45. The highest BCUT2D eigenvalue weighted by molar-refractivity contribution is 6.16. The molecule has 0 unspecified atom stereocenters. The van der Waals surface area contributed by atoms with Crippen LogP contribution in [0.3, 0.4) is 0 Å². The molecule has 3 aromatic rings. The number of nitrogens with zero attached hydrogens (tertiary/aromatic N) is 2. The molecular formula is C29H24N2O2. The number of benzene rings is 3. The molecule has 4 nitrogen and oxygen atoms in total. The molecule has 3 aromatic carbocycles.